The fraction of sp³-hybridized carbons (Fsp3) is 0. The van der Waals surface area contributed by atoms with Crippen LogP contribution in [0.15, 0.2) is 65.1 Å². The molecule has 0 spiro atoms. The van der Waals surface area contributed by atoms with Crippen molar-refractivity contribution in [2.24, 2.45) is 0 Å². The maximum atomic E-state index is 12.1. The molecule has 0 radical (unpaired) electrons. The molecule has 0 aliphatic heterocycles. The molecule has 3 rings (SSSR count). The number of carbonyl (C=O) groups excluding carboxylic acids is 2. The molecule has 5 heteroatoms. The van der Waals surface area contributed by atoms with Crippen LogP contribution in [0.4, 0.5) is 5.69 Å². The summed E-state index contributed by atoms with van der Waals surface area (Å²) in [7, 11) is 0. The van der Waals surface area contributed by atoms with Gasteiger partial charge in [-0.25, -0.2) is 0 Å². The number of rotatable bonds is 4. The molecule has 4 nitrogen and oxygen atoms in total. The summed E-state index contributed by atoms with van der Waals surface area (Å²) in [5, 5.41) is 3.31. The number of furan rings is 1. The number of halogens is 1. The van der Waals surface area contributed by atoms with Gasteiger partial charge in [-0.2, -0.15) is 0 Å². The number of hydrogen-bond acceptors (Lipinski definition) is 3. The number of anilines is 1. The highest BCUT2D eigenvalue weighted by Gasteiger charge is 2.08. The number of hydrogen-bond donors (Lipinski definition) is 1. The molecule has 23 heavy (non-hydrogen) atoms. The van der Waals surface area contributed by atoms with Crippen LogP contribution in [0, 0.1) is 0 Å². The van der Waals surface area contributed by atoms with Gasteiger partial charge in [-0.3, -0.25) is 9.59 Å². The summed E-state index contributed by atoms with van der Waals surface area (Å²) in [6.07, 6.45) is 0.656. The minimum atomic E-state index is -0.235. The lowest BCUT2D eigenvalue weighted by molar-refractivity contribution is 0.102. The Labute approximate surface area is 137 Å². The first-order chi connectivity index (χ1) is 11.2. The fourth-order valence-electron chi connectivity index (χ4n) is 2.12. The van der Waals surface area contributed by atoms with Crippen LogP contribution in [0.5, 0.6) is 0 Å². The number of benzene rings is 2. The summed E-state index contributed by atoms with van der Waals surface area (Å²) in [6, 6.07) is 17.2. The Morgan fingerprint density at radius 2 is 1.83 bits per heavy atom. The first kappa shape index (κ1) is 15.1. The van der Waals surface area contributed by atoms with E-state index in [-0.39, 0.29) is 11.7 Å². The van der Waals surface area contributed by atoms with Crippen molar-refractivity contribution in [1.29, 1.82) is 0 Å². The van der Waals surface area contributed by atoms with E-state index in [1.54, 1.807) is 60.7 Å². The molecule has 0 aliphatic rings. The van der Waals surface area contributed by atoms with Gasteiger partial charge in [0.2, 0.25) is 0 Å². The monoisotopic (exact) mass is 325 g/mol. The topological polar surface area (TPSA) is 59.3 Å². The van der Waals surface area contributed by atoms with Crippen LogP contribution >= 0.6 is 11.6 Å². The minimum Gasteiger partial charge on any atom is -0.453 e. The van der Waals surface area contributed by atoms with Crippen molar-refractivity contribution in [3.63, 3.8) is 0 Å². The van der Waals surface area contributed by atoms with Gasteiger partial charge < -0.3 is 9.73 Å². The van der Waals surface area contributed by atoms with Crippen molar-refractivity contribution in [1.82, 2.24) is 0 Å². The molecule has 1 amide bonds. The average Bonchev–Trinajstić information content (AvgIpc) is 3.04. The van der Waals surface area contributed by atoms with Crippen molar-refractivity contribution < 1.29 is 14.0 Å². The fourth-order valence-corrected chi connectivity index (χ4v) is 2.31. The zero-order valence-corrected chi connectivity index (χ0v) is 12.7. The number of carbonyl (C=O) groups is 2. The zero-order valence-electron chi connectivity index (χ0n) is 12.0. The first-order valence-electron chi connectivity index (χ1n) is 6.88. The highest BCUT2D eigenvalue weighted by molar-refractivity contribution is 6.31. The Hall–Kier alpha value is -2.85. The summed E-state index contributed by atoms with van der Waals surface area (Å²) in [5.41, 5.74) is 1.96. The molecule has 0 aliphatic carbocycles. The smallest absolute Gasteiger partial charge is 0.255 e. The third kappa shape index (κ3) is 3.49. The van der Waals surface area contributed by atoms with E-state index in [1.807, 2.05) is 0 Å². The molecular weight excluding hydrogens is 314 g/mol. The summed E-state index contributed by atoms with van der Waals surface area (Å²) in [5.74, 6) is 0.639. The summed E-state index contributed by atoms with van der Waals surface area (Å²) in [4.78, 5) is 22.8. The molecule has 1 heterocycles. The van der Waals surface area contributed by atoms with Gasteiger partial charge >= 0.3 is 0 Å². The summed E-state index contributed by atoms with van der Waals surface area (Å²) >= 11 is 5.88. The molecule has 0 saturated heterocycles. The van der Waals surface area contributed by atoms with Crippen LogP contribution < -0.4 is 5.32 Å². The molecule has 114 valence electrons. The van der Waals surface area contributed by atoms with Gasteiger partial charge in [0.05, 0.1) is 0 Å². The zero-order chi connectivity index (χ0) is 16.2. The van der Waals surface area contributed by atoms with Gasteiger partial charge in [-0.05, 0) is 54.6 Å². The van der Waals surface area contributed by atoms with Crippen molar-refractivity contribution in [3.8, 4) is 11.3 Å². The van der Waals surface area contributed by atoms with Crippen LogP contribution in [-0.4, -0.2) is 12.2 Å². The Morgan fingerprint density at radius 3 is 2.48 bits per heavy atom. The maximum absolute atomic E-state index is 12.1. The van der Waals surface area contributed by atoms with E-state index in [9.17, 15) is 9.59 Å². The Morgan fingerprint density at radius 1 is 1.04 bits per heavy atom. The van der Waals surface area contributed by atoms with Crippen LogP contribution in [-0.2, 0) is 0 Å². The van der Waals surface area contributed by atoms with Crippen molar-refractivity contribution >= 4 is 29.5 Å². The second-order valence-electron chi connectivity index (χ2n) is 4.86. The number of amides is 1. The van der Waals surface area contributed by atoms with Crippen molar-refractivity contribution in [2.75, 3.05) is 5.32 Å². The van der Waals surface area contributed by atoms with Crippen LogP contribution in [0.25, 0.3) is 11.3 Å². The molecule has 2 aromatic carbocycles. The maximum Gasteiger partial charge on any atom is 0.255 e. The molecule has 0 bridgehead atoms. The third-order valence-electron chi connectivity index (χ3n) is 3.26. The van der Waals surface area contributed by atoms with Crippen molar-refractivity contribution in [3.05, 3.63) is 77.0 Å². The second kappa shape index (κ2) is 6.50. The highest BCUT2D eigenvalue weighted by Crippen LogP contribution is 2.23. The summed E-state index contributed by atoms with van der Waals surface area (Å²) < 4.78 is 5.35. The number of nitrogens with one attached hydrogen (secondary N) is 1. The van der Waals surface area contributed by atoms with E-state index < -0.39 is 0 Å². The Balaban J connectivity index is 1.74. The van der Waals surface area contributed by atoms with E-state index in [1.165, 1.54) is 0 Å². The van der Waals surface area contributed by atoms with Gasteiger partial charge in [0, 0.05) is 21.8 Å². The molecule has 0 unspecified atom stereocenters. The molecule has 0 fully saturated rings. The lowest BCUT2D eigenvalue weighted by Crippen LogP contribution is -2.11. The predicted octanol–water partition coefficient (Wildman–Crippen LogP) is 4.66. The van der Waals surface area contributed by atoms with Crippen LogP contribution in [0.3, 0.4) is 0 Å². The van der Waals surface area contributed by atoms with E-state index in [4.69, 9.17) is 16.0 Å². The molecule has 1 N–H and O–H groups in total. The quantitative estimate of drug-likeness (QED) is 0.709. The van der Waals surface area contributed by atoms with Crippen LogP contribution in [0.1, 0.15) is 20.9 Å². The predicted molar refractivity (Wildman–Crippen MR) is 88.9 cm³/mol. The van der Waals surface area contributed by atoms with E-state index in [0.717, 1.165) is 5.56 Å². The minimum absolute atomic E-state index is 0.235. The van der Waals surface area contributed by atoms with Gasteiger partial charge in [-0.1, -0.05) is 17.7 Å². The molecule has 1 aromatic heterocycles. The normalized spacial score (nSPS) is 10.3. The van der Waals surface area contributed by atoms with Gasteiger partial charge in [0.15, 0.2) is 12.0 Å². The van der Waals surface area contributed by atoms with Crippen molar-refractivity contribution in [2.45, 2.75) is 0 Å². The SMILES string of the molecule is O=Cc1ccc(-c2ccc(NC(=O)c3cccc(Cl)c3)cc2)o1. The molecule has 3 aromatic rings. The highest BCUT2D eigenvalue weighted by atomic mass is 35.5. The molecule has 0 saturated carbocycles. The van der Waals surface area contributed by atoms with Gasteiger partial charge in [0.1, 0.15) is 5.76 Å². The number of aldehydes is 1. The Kier molecular flexibility index (Phi) is 4.26. The summed E-state index contributed by atoms with van der Waals surface area (Å²) in [6.45, 7) is 0. The van der Waals surface area contributed by atoms with E-state index in [2.05, 4.69) is 5.32 Å². The second-order valence-corrected chi connectivity index (χ2v) is 5.30. The lowest BCUT2D eigenvalue weighted by Gasteiger charge is -2.06. The van der Waals surface area contributed by atoms with E-state index in [0.29, 0.717) is 28.3 Å². The first-order valence-corrected chi connectivity index (χ1v) is 7.26. The van der Waals surface area contributed by atoms with E-state index >= 15 is 0 Å². The Bertz CT molecular complexity index is 853. The largest absolute Gasteiger partial charge is 0.453 e. The van der Waals surface area contributed by atoms with Gasteiger partial charge in [-0.15, -0.1) is 0 Å². The average molecular weight is 326 g/mol. The van der Waals surface area contributed by atoms with Gasteiger partial charge in [0.25, 0.3) is 5.91 Å². The molecular formula is C18H12ClNO3. The lowest BCUT2D eigenvalue weighted by atomic mass is 10.1. The third-order valence-corrected chi connectivity index (χ3v) is 3.49. The van der Waals surface area contributed by atoms with Crippen LogP contribution in [0.2, 0.25) is 5.02 Å². The molecule has 0 atom stereocenters. The standard InChI is InChI=1S/C18H12ClNO3/c19-14-3-1-2-13(10-14)18(22)20-15-6-4-12(5-7-15)17-9-8-16(11-21)23-17/h1-11H,(H,20,22).